The first-order valence-electron chi connectivity index (χ1n) is 23.4. The molecule has 8 rings (SSSR count). The molecule has 0 amide bonds. The van der Waals surface area contributed by atoms with Crippen LogP contribution in [0, 0.1) is 24.3 Å². The monoisotopic (exact) mass is 1200 g/mol. The van der Waals surface area contributed by atoms with Crippen LogP contribution < -0.4 is 85.7 Å². The summed E-state index contributed by atoms with van der Waals surface area (Å²) in [6, 6.07) is 29.7. The smallest absolute Gasteiger partial charge is 0.748 e. The van der Waals surface area contributed by atoms with E-state index in [1.807, 2.05) is 62.9 Å². The number of pyridine rings is 1. The molecule has 414 valence electrons. The van der Waals surface area contributed by atoms with Crippen LogP contribution in [0.4, 0.5) is 39.6 Å². The molecule has 0 fully saturated rings. The van der Waals surface area contributed by atoms with Gasteiger partial charge in [-0.25, -0.2) is 40.2 Å². The molecule has 1 N–H and O–H groups in total. The number of anilines is 5. The minimum Gasteiger partial charge on any atom is -0.748 e. The van der Waals surface area contributed by atoms with Crippen molar-refractivity contribution in [3.63, 3.8) is 0 Å². The van der Waals surface area contributed by atoms with Gasteiger partial charge in [-0.3, -0.25) is 4.90 Å². The number of nitrogens with zero attached hydrogens (tertiary/aromatic N) is 9. The third kappa shape index (κ3) is 20.6. The summed E-state index contributed by atoms with van der Waals surface area (Å²) in [5, 5.41) is 30.2. The summed E-state index contributed by atoms with van der Waals surface area (Å²) in [6.45, 7) is 16.4. The summed E-state index contributed by atoms with van der Waals surface area (Å²) in [6.07, 6.45) is 4.15. The number of hydrogen-bond acceptors (Lipinski definition) is 23. The molecule has 22 nitrogen and oxygen atoms in total. The largest absolute Gasteiger partial charge is 1.00 e. The number of azo groups is 1. The predicted octanol–water partition coefficient (Wildman–Crippen LogP) is -2.12. The average Bonchev–Trinajstić information content (AvgIpc) is 4.20. The molecule has 4 aromatic carbocycles. The normalized spacial score (nSPS) is 11.2. The fourth-order valence-corrected chi connectivity index (χ4v) is 10.2. The first kappa shape index (κ1) is 75.5. The van der Waals surface area contributed by atoms with Gasteiger partial charge in [-0.15, -0.1) is 28.9 Å². The number of fused-ring (bicyclic) bond motifs is 2. The quantitative estimate of drug-likeness (QED) is 0.0558. The van der Waals surface area contributed by atoms with E-state index in [2.05, 4.69) is 75.5 Å². The fourth-order valence-electron chi connectivity index (χ4n) is 7.71. The summed E-state index contributed by atoms with van der Waals surface area (Å²) in [4.78, 5) is 17.0. The van der Waals surface area contributed by atoms with Gasteiger partial charge in [0.05, 0.1) is 46.7 Å². The van der Waals surface area contributed by atoms with Gasteiger partial charge >= 0.3 is 86.1 Å². The summed E-state index contributed by atoms with van der Waals surface area (Å²) < 4.78 is 119. The number of aromatic nitrogens is 5. The van der Waals surface area contributed by atoms with Crippen LogP contribution in [0.3, 0.4) is 0 Å². The van der Waals surface area contributed by atoms with Gasteiger partial charge in [0.1, 0.15) is 33.3 Å². The second kappa shape index (κ2) is 32.1. The zero-order chi connectivity index (χ0) is 58.1. The molecule has 82 heavy (non-hydrogen) atoms. The van der Waals surface area contributed by atoms with Crippen molar-refractivity contribution in [2.45, 2.75) is 91.4 Å². The molecule has 0 atom stereocenters. The van der Waals surface area contributed by atoms with Crippen LogP contribution in [0.2, 0.25) is 0 Å². The SMILES string of the molecule is CCc1cccc(CC)c1Nc1nc(N(c2nc3ccc(S(=O)(=O)[O-])cc3s2)c2c(CC)cccc2CC)cc(C)c1N=Nc1c(C#N)c(C(C)(C)C)nn1-c1nc2cc[c-]cc2s1.CS(=O)(=O)[O-].CS(=O)(=O)[O-].O=S(=O)=O.[Li+].[Li+].[Li+].[Li+]. The van der Waals surface area contributed by atoms with E-state index >= 15 is 0 Å². The fraction of sp³-hybridized carbons (Fsp3) is 0.300. The minimum atomic E-state index is -4.70. The maximum atomic E-state index is 12.1. The Labute approximate surface area is 535 Å². The maximum absolute atomic E-state index is 12.1. The Morgan fingerprint density at radius 2 is 1.26 bits per heavy atom. The summed E-state index contributed by atoms with van der Waals surface area (Å²) >= 11 is 2.70. The van der Waals surface area contributed by atoms with Crippen molar-refractivity contribution in [1.82, 2.24) is 24.7 Å². The van der Waals surface area contributed by atoms with Crippen LogP contribution in [0.5, 0.6) is 0 Å². The summed E-state index contributed by atoms with van der Waals surface area (Å²) in [5.74, 6) is 1.19. The molecule has 0 saturated heterocycles. The van der Waals surface area contributed by atoms with Gasteiger partial charge in [0.15, 0.2) is 21.9 Å². The van der Waals surface area contributed by atoms with Gasteiger partial charge in [-0.1, -0.05) is 101 Å². The van der Waals surface area contributed by atoms with Crippen molar-refractivity contribution in [2.24, 2.45) is 10.2 Å². The van der Waals surface area contributed by atoms with E-state index in [-0.39, 0.29) is 86.2 Å². The van der Waals surface area contributed by atoms with Crippen LogP contribution in [0.1, 0.15) is 87.5 Å². The molecule has 0 radical (unpaired) electrons. The molecule has 0 aliphatic rings. The van der Waals surface area contributed by atoms with Crippen molar-refractivity contribution in [3.05, 3.63) is 124 Å². The number of benzene rings is 4. The van der Waals surface area contributed by atoms with Crippen LogP contribution in [-0.2, 0) is 72.1 Å². The first-order valence-corrected chi connectivity index (χ1v) is 31.0. The number of nitrogens with one attached hydrogen (secondary N) is 1. The number of hydrogen-bond donors (Lipinski definition) is 1. The van der Waals surface area contributed by atoms with E-state index in [9.17, 15) is 18.2 Å². The van der Waals surface area contributed by atoms with Gasteiger partial charge in [0.25, 0.3) is 0 Å². The molecule has 0 aliphatic heterocycles. The van der Waals surface area contributed by atoms with Crippen molar-refractivity contribution in [1.29, 1.82) is 5.26 Å². The Bertz CT molecular complexity index is 3950. The van der Waals surface area contributed by atoms with Crippen molar-refractivity contribution in [2.75, 3.05) is 22.7 Å². The van der Waals surface area contributed by atoms with Crippen LogP contribution >= 0.6 is 22.7 Å². The van der Waals surface area contributed by atoms with Gasteiger partial charge in [-0.2, -0.15) is 44.6 Å². The second-order valence-corrected chi connectivity index (χ2v) is 24.5. The second-order valence-electron chi connectivity index (χ2n) is 17.8. The standard InChI is InChI=1S/C48H47N10O3S3.2CH4O3S.4Li.O3S/c1-9-29-17-15-18-30(10-2)41(29)53-44-40(54-55-45-34(27-49)43(48(6,7)8)56-58(45)47-51-35-21-13-14-22-37(35)62-47)28(5)25-39(52-44)57(42-31(11-3)19-16-20-32(42)12-4)46-50-36-24-23-33(64(59,60)61)26-38(36)63-46;2*1-5(2,3)4;;;;;1-4(2)3/h13,15-26H,9-12H2,1-8H3,(H,52,53)(H,59,60,61);2*1H3,(H,2,3,4);;;;;/q-1;;;4*+1;/p-3. The molecular weight excluding hydrogens is 1150 g/mol. The Morgan fingerprint density at radius 3 is 1.73 bits per heavy atom. The summed E-state index contributed by atoms with van der Waals surface area (Å²) in [7, 11) is -15.6. The third-order valence-corrected chi connectivity index (χ3v) is 13.8. The Balaban J connectivity index is 0.00000168. The molecule has 32 heteroatoms. The van der Waals surface area contributed by atoms with Crippen LogP contribution in [-0.4, -0.2) is 88.8 Å². The molecule has 0 unspecified atom stereocenters. The van der Waals surface area contributed by atoms with Crippen molar-refractivity contribution >= 4 is 124 Å². The average molecular weight is 1210 g/mol. The number of para-hydroxylation sites is 2. The van der Waals surface area contributed by atoms with Crippen LogP contribution in [0.25, 0.3) is 25.6 Å². The molecule has 0 saturated carbocycles. The molecule has 0 spiro atoms. The van der Waals surface area contributed by atoms with E-state index < -0.39 is 46.4 Å². The zero-order valence-electron chi connectivity index (χ0n) is 47.7. The van der Waals surface area contributed by atoms with Crippen molar-refractivity contribution in [3.8, 4) is 11.2 Å². The van der Waals surface area contributed by atoms with Gasteiger partial charge < -0.3 is 19.0 Å². The molecule has 4 heterocycles. The van der Waals surface area contributed by atoms with Gasteiger partial charge in [0.2, 0.25) is 0 Å². The number of aryl methyl sites for hydroxylation is 5. The Morgan fingerprint density at radius 1 is 0.744 bits per heavy atom. The molecule has 0 aliphatic carbocycles. The third-order valence-electron chi connectivity index (χ3n) is 11.0. The molecule has 8 aromatic rings. The number of rotatable bonds is 13. The van der Waals surface area contributed by atoms with E-state index in [1.165, 1.54) is 34.8 Å². The Kier molecular flexibility index (Phi) is 29.5. The van der Waals surface area contributed by atoms with Gasteiger partial charge in [-0.05, 0) is 90.2 Å². The molecular formula is C50H52Li4N10O12S6. The topological polar surface area (TPSA) is 343 Å². The van der Waals surface area contributed by atoms with E-state index in [4.69, 9.17) is 68.8 Å². The predicted molar refractivity (Wildman–Crippen MR) is 296 cm³/mol. The molecule has 0 bridgehead atoms. The number of thiazole rings is 2. The first-order chi connectivity index (χ1) is 36.4. The number of nitriles is 1. The van der Waals surface area contributed by atoms with Crippen molar-refractivity contribution < 1.29 is 127 Å². The van der Waals surface area contributed by atoms with E-state index in [0.29, 0.717) is 74.4 Å². The Hall–Kier alpha value is -4.55. The van der Waals surface area contributed by atoms with E-state index in [1.54, 1.807) is 10.7 Å². The maximum Gasteiger partial charge on any atom is 1.00 e. The molecule has 4 aromatic heterocycles. The van der Waals surface area contributed by atoms with Gasteiger partial charge in [0, 0.05) is 23.6 Å². The van der Waals surface area contributed by atoms with Crippen LogP contribution in [0.15, 0.2) is 94.0 Å². The zero-order valence-corrected chi connectivity index (χ0v) is 52.6. The summed E-state index contributed by atoms with van der Waals surface area (Å²) in [5.41, 5.74) is 8.97. The van der Waals surface area contributed by atoms with E-state index in [0.717, 1.165) is 62.3 Å². The minimum absolute atomic E-state index is 0.